The Morgan fingerprint density at radius 3 is 2.53 bits per heavy atom. The molecule has 0 radical (unpaired) electrons. The van der Waals surface area contributed by atoms with Gasteiger partial charge in [0.1, 0.15) is 12.4 Å². The Hall–Kier alpha value is -2.27. The van der Waals surface area contributed by atoms with Crippen molar-refractivity contribution in [3.63, 3.8) is 0 Å². The van der Waals surface area contributed by atoms with Crippen LogP contribution in [0.15, 0.2) is 29.4 Å². The molecule has 0 spiro atoms. The van der Waals surface area contributed by atoms with Crippen molar-refractivity contribution in [1.29, 1.82) is 0 Å². The van der Waals surface area contributed by atoms with Crippen LogP contribution in [-0.4, -0.2) is 63.4 Å². The molecule has 1 aromatic carbocycles. The predicted octanol–water partition coefficient (Wildman–Crippen LogP) is 2.21. The Balaban J connectivity index is 1.60. The monoisotopic (exact) mass is 481 g/mol. The number of rotatable bonds is 9. The molecule has 11 heteroatoms. The Kier molecular flexibility index (Phi) is 7.71. The van der Waals surface area contributed by atoms with E-state index < -0.39 is 15.1 Å². The second-order valence-electron chi connectivity index (χ2n) is 8.22. The minimum atomic E-state index is -3.07. The smallest absolute Gasteiger partial charge is 0.236 e. The van der Waals surface area contributed by atoms with Crippen LogP contribution in [-0.2, 0) is 21.2 Å². The molecule has 1 saturated heterocycles. The molecular weight excluding hydrogens is 450 g/mol. The summed E-state index contributed by atoms with van der Waals surface area (Å²) in [4.78, 5) is 14.6. The van der Waals surface area contributed by atoms with E-state index in [4.69, 9.17) is 10.6 Å². The number of thioether (sulfide) groups is 1. The van der Waals surface area contributed by atoms with Gasteiger partial charge in [0.05, 0.1) is 16.8 Å². The number of amides is 1. The highest BCUT2D eigenvalue weighted by Crippen LogP contribution is 2.26. The highest BCUT2D eigenvalue weighted by molar-refractivity contribution is 8.00. The van der Waals surface area contributed by atoms with E-state index >= 15 is 0 Å². The van der Waals surface area contributed by atoms with Gasteiger partial charge in [0.2, 0.25) is 11.1 Å². The van der Waals surface area contributed by atoms with Crippen LogP contribution in [0.2, 0.25) is 0 Å². The summed E-state index contributed by atoms with van der Waals surface area (Å²) in [6.07, 6.45) is 0.478. The molecule has 1 amide bonds. The lowest BCUT2D eigenvalue weighted by Gasteiger charge is -2.29. The average molecular weight is 482 g/mol. The number of nitrogens with zero attached hydrogens (tertiary/aromatic N) is 4. The molecule has 2 atom stereocenters. The number of benzene rings is 1. The summed E-state index contributed by atoms with van der Waals surface area (Å²) in [6, 6.07) is 7.59. The number of carbonyl (C=O) groups is 1. The van der Waals surface area contributed by atoms with Gasteiger partial charge in [-0.1, -0.05) is 37.7 Å². The maximum Gasteiger partial charge on any atom is 0.236 e. The quantitative estimate of drug-likeness (QED) is 0.427. The molecule has 176 valence electrons. The van der Waals surface area contributed by atoms with Gasteiger partial charge in [-0.05, 0) is 43.9 Å². The minimum absolute atomic E-state index is 0.0245. The average Bonchev–Trinajstić information content (AvgIpc) is 3.29. The van der Waals surface area contributed by atoms with Crippen LogP contribution >= 0.6 is 11.8 Å². The number of carbonyl (C=O) groups excluding carboxylic acids is 1. The molecule has 1 aromatic heterocycles. The lowest BCUT2D eigenvalue weighted by molar-refractivity contribution is -0.131. The summed E-state index contributed by atoms with van der Waals surface area (Å²) in [5.74, 6) is 7.75. The molecule has 2 N–H and O–H groups in total. The van der Waals surface area contributed by atoms with E-state index in [9.17, 15) is 13.2 Å². The summed E-state index contributed by atoms with van der Waals surface area (Å²) in [6.45, 7) is 8.48. The zero-order chi connectivity index (χ0) is 23.5. The molecule has 1 fully saturated rings. The number of sulfone groups is 1. The highest BCUT2D eigenvalue weighted by Gasteiger charge is 2.35. The fraction of sp³-hybridized carbons (Fsp3) is 0.571. The third-order valence-corrected chi connectivity index (χ3v) is 8.35. The zero-order valence-corrected chi connectivity index (χ0v) is 20.5. The summed E-state index contributed by atoms with van der Waals surface area (Å²) in [5.41, 5.74) is 1.23. The zero-order valence-electron chi connectivity index (χ0n) is 18.9. The van der Waals surface area contributed by atoms with Gasteiger partial charge in [-0.3, -0.25) is 4.79 Å². The summed E-state index contributed by atoms with van der Waals surface area (Å²) < 4.78 is 30.7. The van der Waals surface area contributed by atoms with Crippen molar-refractivity contribution >= 4 is 27.5 Å². The number of nitrogen functional groups attached to an aromatic ring is 1. The topological polar surface area (TPSA) is 120 Å². The van der Waals surface area contributed by atoms with Crippen LogP contribution in [0.25, 0.3) is 0 Å². The maximum absolute atomic E-state index is 13.0. The van der Waals surface area contributed by atoms with Gasteiger partial charge < -0.3 is 15.5 Å². The van der Waals surface area contributed by atoms with E-state index in [0.717, 1.165) is 0 Å². The Morgan fingerprint density at radius 2 is 1.97 bits per heavy atom. The first-order valence-electron chi connectivity index (χ1n) is 10.7. The standard InChI is InChI=1S/C21H31N5O4S2/c1-5-25(17-10-11-32(28,29)13-17)20(27)15(4)31-21-24-23-19(26(21)22)12-30-18-8-6-16(7-9-18)14(2)3/h6-9,14-15,17H,5,10-13,22H2,1-4H3. The van der Waals surface area contributed by atoms with Crippen LogP contribution in [0.3, 0.4) is 0 Å². The van der Waals surface area contributed by atoms with E-state index in [1.54, 1.807) is 11.8 Å². The molecule has 2 unspecified atom stereocenters. The molecule has 9 nitrogen and oxygen atoms in total. The molecule has 2 aromatic rings. The molecule has 0 aliphatic carbocycles. The highest BCUT2D eigenvalue weighted by atomic mass is 32.2. The van der Waals surface area contributed by atoms with Crippen molar-refractivity contribution in [2.24, 2.45) is 0 Å². The summed E-state index contributed by atoms with van der Waals surface area (Å²) in [5, 5.41) is 8.10. The van der Waals surface area contributed by atoms with Gasteiger partial charge in [-0.2, -0.15) is 0 Å². The van der Waals surface area contributed by atoms with E-state index in [0.29, 0.717) is 35.6 Å². The van der Waals surface area contributed by atoms with Gasteiger partial charge in [0.25, 0.3) is 0 Å². The van der Waals surface area contributed by atoms with Crippen molar-refractivity contribution in [2.75, 3.05) is 23.9 Å². The van der Waals surface area contributed by atoms with E-state index in [-0.39, 0.29) is 30.1 Å². The molecule has 32 heavy (non-hydrogen) atoms. The van der Waals surface area contributed by atoms with E-state index in [2.05, 4.69) is 24.0 Å². The number of hydrogen-bond acceptors (Lipinski definition) is 8. The van der Waals surface area contributed by atoms with Crippen LogP contribution in [0.1, 0.15) is 51.4 Å². The van der Waals surface area contributed by atoms with Crippen molar-refractivity contribution in [3.8, 4) is 5.75 Å². The van der Waals surface area contributed by atoms with Gasteiger partial charge in [-0.15, -0.1) is 10.2 Å². The van der Waals surface area contributed by atoms with Gasteiger partial charge in [0.15, 0.2) is 15.7 Å². The maximum atomic E-state index is 13.0. The fourth-order valence-corrected chi connectivity index (χ4v) is 6.23. The SMILES string of the molecule is CCN(C(=O)C(C)Sc1nnc(COc2ccc(C(C)C)cc2)n1N)C1CCS(=O)(=O)C1. The van der Waals surface area contributed by atoms with Crippen molar-refractivity contribution < 1.29 is 17.9 Å². The van der Waals surface area contributed by atoms with Crippen molar-refractivity contribution in [2.45, 2.75) is 63.1 Å². The number of aromatic nitrogens is 3. The third kappa shape index (κ3) is 5.74. The lowest BCUT2D eigenvalue weighted by Crippen LogP contribution is -2.44. The second kappa shape index (κ2) is 10.1. The number of hydrogen-bond donors (Lipinski definition) is 1. The summed E-state index contributed by atoms with van der Waals surface area (Å²) >= 11 is 1.20. The number of nitrogens with two attached hydrogens (primary N) is 1. The summed E-state index contributed by atoms with van der Waals surface area (Å²) in [7, 11) is -3.07. The van der Waals surface area contributed by atoms with E-state index in [1.807, 2.05) is 31.2 Å². The first-order valence-corrected chi connectivity index (χ1v) is 13.4. The fourth-order valence-electron chi connectivity index (χ4n) is 3.64. The predicted molar refractivity (Wildman–Crippen MR) is 125 cm³/mol. The van der Waals surface area contributed by atoms with Gasteiger partial charge in [-0.25, -0.2) is 13.1 Å². The Bertz CT molecular complexity index is 1040. The first kappa shape index (κ1) is 24.4. The molecule has 1 aliphatic rings. The molecule has 1 aliphatic heterocycles. The third-order valence-electron chi connectivity index (χ3n) is 5.55. The molecule has 2 heterocycles. The van der Waals surface area contributed by atoms with E-state index in [1.165, 1.54) is 22.0 Å². The van der Waals surface area contributed by atoms with Gasteiger partial charge in [0, 0.05) is 12.6 Å². The Morgan fingerprint density at radius 1 is 1.28 bits per heavy atom. The number of ether oxygens (including phenoxy) is 1. The van der Waals surface area contributed by atoms with Gasteiger partial charge >= 0.3 is 0 Å². The Labute approximate surface area is 193 Å². The van der Waals surface area contributed by atoms with Crippen molar-refractivity contribution in [1.82, 2.24) is 19.8 Å². The molecule has 3 rings (SSSR count). The molecular formula is C21H31N5O4S2. The molecule has 0 bridgehead atoms. The second-order valence-corrected chi connectivity index (χ2v) is 11.8. The van der Waals surface area contributed by atoms with Crippen LogP contribution < -0.4 is 10.6 Å². The van der Waals surface area contributed by atoms with Crippen LogP contribution in [0.5, 0.6) is 5.75 Å². The molecule has 0 saturated carbocycles. The largest absolute Gasteiger partial charge is 0.486 e. The first-order chi connectivity index (χ1) is 15.1. The lowest BCUT2D eigenvalue weighted by atomic mass is 10.0. The minimum Gasteiger partial charge on any atom is -0.486 e. The van der Waals surface area contributed by atoms with Crippen molar-refractivity contribution in [3.05, 3.63) is 35.7 Å². The normalized spacial score (nSPS) is 18.6. The van der Waals surface area contributed by atoms with Crippen LogP contribution in [0, 0.1) is 0 Å². The van der Waals surface area contributed by atoms with Crippen LogP contribution in [0.4, 0.5) is 0 Å².